The molecule has 1 saturated carbocycles. The molecule has 32 heavy (non-hydrogen) atoms. The number of hydrogen-bond acceptors (Lipinski definition) is 3. The number of nitrogens with one attached hydrogen (secondary N) is 1. The minimum absolute atomic E-state index is 0.00806. The van der Waals surface area contributed by atoms with Crippen LogP contribution in [0.15, 0.2) is 64.9 Å². The number of aromatic amines is 1. The van der Waals surface area contributed by atoms with Gasteiger partial charge < -0.3 is 10.1 Å². The predicted octanol–water partition coefficient (Wildman–Crippen LogP) is 6.53. The molecule has 4 nitrogen and oxygen atoms in total. The van der Waals surface area contributed by atoms with Crippen LogP contribution in [0.1, 0.15) is 60.9 Å². The van der Waals surface area contributed by atoms with E-state index in [0.29, 0.717) is 31.4 Å². The summed E-state index contributed by atoms with van der Waals surface area (Å²) in [6.45, 7) is 6.81. The van der Waals surface area contributed by atoms with Gasteiger partial charge in [-0.25, -0.2) is 0 Å². The highest BCUT2D eigenvalue weighted by Crippen LogP contribution is 2.34. The van der Waals surface area contributed by atoms with Crippen molar-refractivity contribution in [1.82, 2.24) is 4.98 Å². The molecule has 0 bridgehead atoms. The zero-order chi connectivity index (χ0) is 22.7. The van der Waals surface area contributed by atoms with Crippen molar-refractivity contribution in [3.05, 3.63) is 82.2 Å². The number of aliphatic hydroxyl groups excluding tert-OH is 1. The topological polar surface area (TPSA) is 65.4 Å². The second kappa shape index (κ2) is 9.56. The number of carbonyl (C=O) groups excluding carboxylic acids is 1. The third-order valence-electron chi connectivity index (χ3n) is 6.42. The Hall–Kier alpha value is -3.14. The number of fused-ring (bicyclic) bond motifs is 1. The first-order valence-corrected chi connectivity index (χ1v) is 11.6. The average Bonchev–Trinajstić information content (AvgIpc) is 3.08. The van der Waals surface area contributed by atoms with Gasteiger partial charge in [0.25, 0.3) is 0 Å². The summed E-state index contributed by atoms with van der Waals surface area (Å²) in [6.07, 6.45) is 3.21. The number of aryl methyl sites for hydroxylation is 2. The quantitative estimate of drug-likeness (QED) is 0.346. The molecule has 2 aromatic carbocycles. The van der Waals surface area contributed by atoms with Gasteiger partial charge in [0, 0.05) is 41.7 Å². The minimum Gasteiger partial charge on any atom is -0.511 e. The van der Waals surface area contributed by atoms with Gasteiger partial charge in [0.2, 0.25) is 0 Å². The summed E-state index contributed by atoms with van der Waals surface area (Å²) in [5.74, 6) is 0.313. The molecular weight excluding hydrogens is 396 g/mol. The fraction of sp³-hybridized carbons (Fsp3) is 0.357. The van der Waals surface area contributed by atoms with E-state index in [1.54, 1.807) is 0 Å². The van der Waals surface area contributed by atoms with Crippen LogP contribution in [0.3, 0.4) is 0 Å². The number of ketones is 1. The van der Waals surface area contributed by atoms with Crippen LogP contribution in [0.5, 0.6) is 0 Å². The third kappa shape index (κ3) is 4.55. The second-order valence-corrected chi connectivity index (χ2v) is 8.87. The Labute approximate surface area is 190 Å². The molecule has 1 aromatic heterocycles. The SMILES string of the molecule is CCCC(O)=C1C(=O)CC(c2ccccc2)CC1=NCCc1c(C)[nH]c2ccc(C)cc12. The molecule has 1 atom stereocenters. The van der Waals surface area contributed by atoms with Gasteiger partial charge in [-0.3, -0.25) is 9.79 Å². The number of hydrogen-bond donors (Lipinski definition) is 2. The number of carbonyl (C=O) groups is 1. The first-order valence-electron chi connectivity index (χ1n) is 11.6. The van der Waals surface area contributed by atoms with Crippen molar-refractivity contribution >= 4 is 22.4 Å². The standard InChI is InChI=1S/C28H32N2O2/c1-4-8-26(31)28-25(16-21(17-27(28)32)20-9-6-5-7-10-20)29-14-13-22-19(3)30-24-12-11-18(2)15-23(22)24/h5-7,9-12,15,21,30-31H,4,8,13-14,16-17H2,1-3H3. The minimum atomic E-state index is 0.00806. The molecule has 166 valence electrons. The van der Waals surface area contributed by atoms with Gasteiger partial charge in [0.15, 0.2) is 5.78 Å². The van der Waals surface area contributed by atoms with E-state index in [2.05, 4.69) is 49.2 Å². The maximum atomic E-state index is 13.1. The number of aromatic nitrogens is 1. The number of nitrogens with zero attached hydrogens (tertiary/aromatic N) is 1. The maximum Gasteiger partial charge on any atom is 0.168 e. The second-order valence-electron chi connectivity index (χ2n) is 8.87. The van der Waals surface area contributed by atoms with E-state index >= 15 is 0 Å². The molecule has 1 unspecified atom stereocenters. The molecule has 0 spiro atoms. The lowest BCUT2D eigenvalue weighted by molar-refractivity contribution is -0.116. The van der Waals surface area contributed by atoms with E-state index < -0.39 is 0 Å². The van der Waals surface area contributed by atoms with E-state index in [1.165, 1.54) is 16.5 Å². The van der Waals surface area contributed by atoms with Gasteiger partial charge in [0.1, 0.15) is 5.76 Å². The summed E-state index contributed by atoms with van der Waals surface area (Å²) < 4.78 is 0. The lowest BCUT2D eigenvalue weighted by Crippen LogP contribution is -2.27. The van der Waals surface area contributed by atoms with Crippen LogP contribution in [-0.2, 0) is 11.2 Å². The zero-order valence-corrected chi connectivity index (χ0v) is 19.2. The van der Waals surface area contributed by atoms with Crippen molar-refractivity contribution in [3.8, 4) is 0 Å². The molecule has 0 saturated heterocycles. The Morgan fingerprint density at radius 2 is 1.91 bits per heavy atom. The highest BCUT2D eigenvalue weighted by Gasteiger charge is 2.32. The fourth-order valence-corrected chi connectivity index (χ4v) is 4.81. The molecule has 1 heterocycles. The largest absolute Gasteiger partial charge is 0.511 e. The van der Waals surface area contributed by atoms with Crippen LogP contribution in [-0.4, -0.2) is 28.1 Å². The van der Waals surface area contributed by atoms with Gasteiger partial charge in [-0.2, -0.15) is 0 Å². The van der Waals surface area contributed by atoms with Crippen LogP contribution in [0.4, 0.5) is 0 Å². The summed E-state index contributed by atoms with van der Waals surface area (Å²) in [6, 6.07) is 16.6. The molecular formula is C28H32N2O2. The number of Topliss-reactive ketones (excluding diaryl/α,β-unsaturated/α-hetero) is 1. The maximum absolute atomic E-state index is 13.1. The Bertz CT molecular complexity index is 1180. The average molecular weight is 429 g/mol. The molecule has 0 aliphatic heterocycles. The Morgan fingerprint density at radius 3 is 2.66 bits per heavy atom. The number of aliphatic hydroxyl groups is 1. The number of H-pyrrole nitrogens is 1. The number of allylic oxidation sites excluding steroid dienone is 2. The summed E-state index contributed by atoms with van der Waals surface area (Å²) in [4.78, 5) is 21.4. The first-order chi connectivity index (χ1) is 15.5. The third-order valence-corrected chi connectivity index (χ3v) is 6.42. The van der Waals surface area contributed by atoms with Crippen molar-refractivity contribution in [1.29, 1.82) is 0 Å². The molecule has 1 aliphatic rings. The van der Waals surface area contributed by atoms with E-state index in [-0.39, 0.29) is 17.5 Å². The summed E-state index contributed by atoms with van der Waals surface area (Å²) in [5.41, 5.74) is 7.21. The van der Waals surface area contributed by atoms with Crippen molar-refractivity contribution in [2.75, 3.05) is 6.54 Å². The highest BCUT2D eigenvalue weighted by molar-refractivity contribution is 6.24. The van der Waals surface area contributed by atoms with Crippen molar-refractivity contribution in [2.24, 2.45) is 4.99 Å². The van der Waals surface area contributed by atoms with Gasteiger partial charge in [-0.05, 0) is 62.3 Å². The Kier molecular flexibility index (Phi) is 6.59. The lowest BCUT2D eigenvalue weighted by Gasteiger charge is -2.26. The molecule has 2 N–H and O–H groups in total. The van der Waals surface area contributed by atoms with Crippen LogP contribution < -0.4 is 0 Å². The van der Waals surface area contributed by atoms with Gasteiger partial charge >= 0.3 is 0 Å². The fourth-order valence-electron chi connectivity index (χ4n) is 4.81. The van der Waals surface area contributed by atoms with E-state index in [0.717, 1.165) is 35.3 Å². The summed E-state index contributed by atoms with van der Waals surface area (Å²) in [7, 11) is 0. The highest BCUT2D eigenvalue weighted by atomic mass is 16.3. The van der Waals surface area contributed by atoms with Crippen molar-refractivity contribution in [2.45, 2.75) is 58.8 Å². The molecule has 3 aromatic rings. The Morgan fingerprint density at radius 1 is 1.12 bits per heavy atom. The summed E-state index contributed by atoms with van der Waals surface area (Å²) >= 11 is 0. The number of aliphatic imine (C=N–C) groups is 1. The van der Waals surface area contributed by atoms with E-state index in [1.807, 2.05) is 25.1 Å². The first kappa shape index (κ1) is 22.1. The van der Waals surface area contributed by atoms with E-state index in [9.17, 15) is 9.90 Å². The number of rotatable bonds is 6. The van der Waals surface area contributed by atoms with Crippen molar-refractivity contribution < 1.29 is 9.90 Å². The zero-order valence-electron chi connectivity index (χ0n) is 19.2. The smallest absolute Gasteiger partial charge is 0.168 e. The van der Waals surface area contributed by atoms with Crippen LogP contribution >= 0.6 is 0 Å². The van der Waals surface area contributed by atoms with Crippen LogP contribution in [0.25, 0.3) is 10.9 Å². The molecule has 4 rings (SSSR count). The summed E-state index contributed by atoms with van der Waals surface area (Å²) in [5, 5.41) is 11.9. The monoisotopic (exact) mass is 428 g/mol. The molecule has 4 heteroatoms. The lowest BCUT2D eigenvalue weighted by atomic mass is 9.78. The molecule has 1 aliphatic carbocycles. The molecule has 1 fully saturated rings. The number of benzene rings is 2. The van der Waals surface area contributed by atoms with Crippen LogP contribution in [0, 0.1) is 13.8 Å². The normalized spacial score (nSPS) is 19.7. The predicted molar refractivity (Wildman–Crippen MR) is 132 cm³/mol. The van der Waals surface area contributed by atoms with Gasteiger partial charge in [-0.15, -0.1) is 0 Å². The Balaban J connectivity index is 1.63. The molecule has 0 amide bonds. The van der Waals surface area contributed by atoms with Crippen molar-refractivity contribution in [3.63, 3.8) is 0 Å². The van der Waals surface area contributed by atoms with Gasteiger partial charge in [0.05, 0.1) is 5.57 Å². The van der Waals surface area contributed by atoms with E-state index in [4.69, 9.17) is 4.99 Å². The van der Waals surface area contributed by atoms with Gasteiger partial charge in [-0.1, -0.05) is 48.9 Å². The molecule has 0 radical (unpaired) electrons. The van der Waals surface area contributed by atoms with Crippen LogP contribution in [0.2, 0.25) is 0 Å².